The smallest absolute Gasteiger partial charge is 0.341 e. The number of carbonyl (C=O) groups excluding carboxylic acids is 1. The van der Waals surface area contributed by atoms with E-state index < -0.39 is 0 Å². The minimum Gasteiger partial charge on any atom is -0.361 e. The van der Waals surface area contributed by atoms with Crippen molar-refractivity contribution in [1.29, 1.82) is 0 Å². The molecule has 27 heavy (non-hydrogen) atoms. The van der Waals surface area contributed by atoms with Gasteiger partial charge >= 0.3 is 6.03 Å². The number of anilines is 2. The lowest BCUT2D eigenvalue weighted by Crippen LogP contribution is -2.29. The molecule has 2 amide bonds. The summed E-state index contributed by atoms with van der Waals surface area (Å²) in [6, 6.07) is 14.8. The zero-order valence-electron chi connectivity index (χ0n) is 15.3. The van der Waals surface area contributed by atoms with Crippen molar-refractivity contribution in [2.45, 2.75) is 18.8 Å². The van der Waals surface area contributed by atoms with Gasteiger partial charge in [0.15, 0.2) is 0 Å². The lowest BCUT2D eigenvalue weighted by Gasteiger charge is -2.28. The number of amides is 2. The number of hydrogen-bond acceptors (Lipinski definition) is 2. The van der Waals surface area contributed by atoms with Gasteiger partial charge in [0.25, 0.3) is 0 Å². The van der Waals surface area contributed by atoms with Gasteiger partial charge < -0.3 is 15.2 Å². The number of likely N-dealkylation sites (tertiary alicyclic amines) is 1. The van der Waals surface area contributed by atoms with Crippen LogP contribution in [0.5, 0.6) is 0 Å². The summed E-state index contributed by atoms with van der Waals surface area (Å²) in [6.45, 7) is 2.22. The molecule has 1 aliphatic rings. The number of H-pyrrole nitrogens is 1. The third kappa shape index (κ3) is 3.80. The predicted octanol–water partition coefficient (Wildman–Crippen LogP) is 5.17. The van der Waals surface area contributed by atoms with Gasteiger partial charge in [-0.1, -0.05) is 18.2 Å². The van der Waals surface area contributed by atoms with Gasteiger partial charge in [-0.15, -0.1) is 0 Å². The number of para-hydroxylation sites is 1. The molecular weight excluding hydrogens is 360 g/mol. The predicted molar refractivity (Wildman–Crippen MR) is 112 cm³/mol. The number of piperidine rings is 1. The zero-order chi connectivity index (χ0) is 18.8. The molecule has 1 saturated heterocycles. The summed E-state index contributed by atoms with van der Waals surface area (Å²) in [7, 11) is 2.17. The van der Waals surface area contributed by atoms with Crippen molar-refractivity contribution >= 4 is 40.1 Å². The number of halogens is 1. The Balaban J connectivity index is 1.57. The summed E-state index contributed by atoms with van der Waals surface area (Å²) >= 11 is 6.34. The molecule has 0 aliphatic carbocycles. The van der Waals surface area contributed by atoms with E-state index in [0.29, 0.717) is 17.3 Å². The van der Waals surface area contributed by atoms with Crippen molar-refractivity contribution < 1.29 is 4.79 Å². The number of urea groups is 1. The van der Waals surface area contributed by atoms with E-state index in [1.807, 2.05) is 48.5 Å². The van der Waals surface area contributed by atoms with Gasteiger partial charge in [0, 0.05) is 34.6 Å². The molecule has 0 saturated carbocycles. The lowest BCUT2D eigenvalue weighted by atomic mass is 9.89. The SMILES string of the molecule is CN1CCC(c2c[nH]c3ccc(N(Cl)C(=O)Nc4ccccc4)cc23)CC1. The van der Waals surface area contributed by atoms with Gasteiger partial charge in [-0.25, -0.2) is 9.21 Å². The standard InChI is InChI=1S/C21H23ClN4O/c1-25-11-9-15(10-12-25)19-14-23-20-8-7-17(13-18(19)20)26(22)21(27)24-16-5-3-2-4-6-16/h2-8,13-15,23H,9-12H2,1H3,(H,24,27). The van der Waals surface area contributed by atoms with Crippen molar-refractivity contribution in [2.75, 3.05) is 29.9 Å². The summed E-state index contributed by atoms with van der Waals surface area (Å²) < 4.78 is 1.14. The highest BCUT2D eigenvalue weighted by Crippen LogP contribution is 2.35. The van der Waals surface area contributed by atoms with Crippen LogP contribution in [0.1, 0.15) is 24.3 Å². The second kappa shape index (κ2) is 7.62. The molecule has 0 atom stereocenters. The van der Waals surface area contributed by atoms with Gasteiger partial charge in [-0.05, 0) is 74.8 Å². The molecule has 6 heteroatoms. The molecule has 0 bridgehead atoms. The summed E-state index contributed by atoms with van der Waals surface area (Å²) in [5.41, 5.74) is 3.75. The number of carbonyl (C=O) groups is 1. The second-order valence-electron chi connectivity index (χ2n) is 7.13. The summed E-state index contributed by atoms with van der Waals surface area (Å²) in [5, 5.41) is 3.95. The maximum absolute atomic E-state index is 12.5. The Morgan fingerprint density at radius 2 is 1.93 bits per heavy atom. The summed E-state index contributed by atoms with van der Waals surface area (Å²) in [6.07, 6.45) is 4.40. The van der Waals surface area contributed by atoms with E-state index in [0.717, 1.165) is 41.3 Å². The summed E-state index contributed by atoms with van der Waals surface area (Å²) in [4.78, 5) is 18.2. The molecule has 0 unspecified atom stereocenters. The Hall–Kier alpha value is -2.50. The van der Waals surface area contributed by atoms with Crippen LogP contribution >= 0.6 is 11.8 Å². The van der Waals surface area contributed by atoms with Gasteiger partial charge in [-0.3, -0.25) is 0 Å². The minimum atomic E-state index is -0.376. The van der Waals surface area contributed by atoms with Crippen LogP contribution < -0.4 is 9.74 Å². The molecular formula is C21H23ClN4O. The number of nitrogens with one attached hydrogen (secondary N) is 2. The van der Waals surface area contributed by atoms with E-state index >= 15 is 0 Å². The average Bonchev–Trinajstić information content (AvgIpc) is 3.12. The summed E-state index contributed by atoms with van der Waals surface area (Å²) in [5.74, 6) is 0.534. The highest BCUT2D eigenvalue weighted by Gasteiger charge is 2.22. The number of nitrogens with zero attached hydrogens (tertiary/aromatic N) is 2. The second-order valence-corrected chi connectivity index (χ2v) is 7.47. The molecule has 0 spiro atoms. The normalized spacial score (nSPS) is 15.8. The molecule has 1 aromatic heterocycles. The molecule has 4 rings (SSSR count). The lowest BCUT2D eigenvalue weighted by molar-refractivity contribution is 0.256. The first-order valence-electron chi connectivity index (χ1n) is 9.23. The first kappa shape index (κ1) is 17.9. The largest absolute Gasteiger partial charge is 0.361 e. The van der Waals surface area contributed by atoms with Gasteiger partial charge in [0.2, 0.25) is 0 Å². The molecule has 2 aromatic carbocycles. The number of aromatic amines is 1. The van der Waals surface area contributed by atoms with Crippen molar-refractivity contribution in [3.63, 3.8) is 0 Å². The van der Waals surface area contributed by atoms with Crippen molar-refractivity contribution in [3.05, 3.63) is 60.3 Å². The van der Waals surface area contributed by atoms with Gasteiger partial charge in [-0.2, -0.15) is 0 Å². The van der Waals surface area contributed by atoms with Crippen LogP contribution in [0.4, 0.5) is 16.2 Å². The quantitative estimate of drug-likeness (QED) is 0.614. The van der Waals surface area contributed by atoms with E-state index in [4.69, 9.17) is 11.8 Å². The zero-order valence-corrected chi connectivity index (χ0v) is 16.0. The Labute approximate surface area is 164 Å². The van der Waals surface area contributed by atoms with Gasteiger partial charge in [0.1, 0.15) is 0 Å². The molecule has 140 valence electrons. The number of rotatable bonds is 3. The maximum Gasteiger partial charge on any atom is 0.341 e. The van der Waals surface area contributed by atoms with Crippen LogP contribution in [0.15, 0.2) is 54.7 Å². The van der Waals surface area contributed by atoms with Crippen molar-refractivity contribution in [2.24, 2.45) is 0 Å². The molecule has 1 fully saturated rings. The monoisotopic (exact) mass is 382 g/mol. The van der Waals surface area contributed by atoms with Crippen LogP contribution in [0.25, 0.3) is 10.9 Å². The first-order chi connectivity index (χ1) is 13.1. The van der Waals surface area contributed by atoms with Crippen molar-refractivity contribution in [1.82, 2.24) is 9.88 Å². The highest BCUT2D eigenvalue weighted by atomic mass is 35.5. The number of hydrogen-bond donors (Lipinski definition) is 2. The molecule has 3 aromatic rings. The fourth-order valence-corrected chi connectivity index (χ4v) is 3.87. The van der Waals surface area contributed by atoms with Crippen LogP contribution in [0.3, 0.4) is 0 Å². The fraction of sp³-hybridized carbons (Fsp3) is 0.286. The minimum absolute atomic E-state index is 0.376. The van der Waals surface area contributed by atoms with Gasteiger partial charge in [0.05, 0.1) is 5.69 Å². The van der Waals surface area contributed by atoms with Crippen molar-refractivity contribution in [3.8, 4) is 0 Å². The Bertz CT molecular complexity index is 932. The first-order valence-corrected chi connectivity index (χ1v) is 9.57. The number of aromatic nitrogens is 1. The van der Waals surface area contributed by atoms with Crippen LogP contribution in [0.2, 0.25) is 0 Å². The highest BCUT2D eigenvalue weighted by molar-refractivity contribution is 6.38. The van der Waals surface area contributed by atoms with E-state index in [-0.39, 0.29) is 6.03 Å². The molecule has 1 aliphatic heterocycles. The average molecular weight is 383 g/mol. The van der Waals surface area contributed by atoms with Crippen LogP contribution in [0, 0.1) is 0 Å². The number of benzene rings is 2. The third-order valence-electron chi connectivity index (χ3n) is 5.29. The fourth-order valence-electron chi connectivity index (χ4n) is 3.72. The molecule has 5 nitrogen and oxygen atoms in total. The Morgan fingerprint density at radius 1 is 1.19 bits per heavy atom. The molecule has 2 N–H and O–H groups in total. The topological polar surface area (TPSA) is 51.4 Å². The van der Waals surface area contributed by atoms with E-state index in [1.165, 1.54) is 5.56 Å². The Kier molecular flexibility index (Phi) is 5.05. The number of fused-ring (bicyclic) bond motifs is 1. The third-order valence-corrected chi connectivity index (χ3v) is 5.63. The maximum atomic E-state index is 12.5. The van der Waals surface area contributed by atoms with E-state index in [1.54, 1.807) is 0 Å². The van der Waals surface area contributed by atoms with Crippen LogP contribution in [-0.2, 0) is 0 Å². The Morgan fingerprint density at radius 3 is 2.67 bits per heavy atom. The molecule has 2 heterocycles. The van der Waals surface area contributed by atoms with E-state index in [9.17, 15) is 4.79 Å². The molecule has 0 radical (unpaired) electrons. The van der Waals surface area contributed by atoms with E-state index in [2.05, 4.69) is 28.4 Å². The van der Waals surface area contributed by atoms with Crippen LogP contribution in [-0.4, -0.2) is 36.1 Å².